The van der Waals surface area contributed by atoms with Crippen molar-refractivity contribution in [2.45, 2.75) is 52.3 Å². The van der Waals surface area contributed by atoms with Crippen LogP contribution in [0, 0.1) is 0 Å². The average Bonchev–Trinajstić information content (AvgIpc) is 2.72. The lowest BCUT2D eigenvalue weighted by Gasteiger charge is -2.29. The quantitative estimate of drug-likeness (QED) is 0.653. The number of hydrogen-bond acceptors (Lipinski definition) is 5. The van der Waals surface area contributed by atoms with Crippen LogP contribution in [0.15, 0.2) is 60.7 Å². The van der Waals surface area contributed by atoms with Crippen LogP contribution >= 0.6 is 0 Å². The van der Waals surface area contributed by atoms with Gasteiger partial charge in [0.15, 0.2) is 0 Å². The molecule has 7 nitrogen and oxygen atoms in total. The van der Waals surface area contributed by atoms with Gasteiger partial charge in [0, 0.05) is 7.05 Å². The molecule has 0 spiro atoms. The summed E-state index contributed by atoms with van der Waals surface area (Å²) in [6.07, 6.45) is -0.570. The predicted molar refractivity (Wildman–Crippen MR) is 117 cm³/mol. The molecular formula is C24H30N2O5. The van der Waals surface area contributed by atoms with Crippen molar-refractivity contribution >= 4 is 18.0 Å². The van der Waals surface area contributed by atoms with Gasteiger partial charge in [-0.05, 0) is 38.8 Å². The van der Waals surface area contributed by atoms with E-state index < -0.39 is 23.7 Å². The molecule has 0 bridgehead atoms. The molecule has 2 aromatic rings. The van der Waals surface area contributed by atoms with Crippen molar-refractivity contribution in [3.63, 3.8) is 0 Å². The van der Waals surface area contributed by atoms with Crippen LogP contribution in [0.5, 0.6) is 0 Å². The van der Waals surface area contributed by atoms with Crippen LogP contribution in [-0.4, -0.2) is 46.6 Å². The van der Waals surface area contributed by atoms with Gasteiger partial charge >= 0.3 is 12.1 Å². The van der Waals surface area contributed by atoms with Crippen LogP contribution < -0.4 is 0 Å². The lowest BCUT2D eigenvalue weighted by atomic mass is 10.1. The van der Waals surface area contributed by atoms with Crippen LogP contribution in [0.4, 0.5) is 4.79 Å². The number of amides is 2. The number of rotatable bonds is 6. The second-order valence-corrected chi connectivity index (χ2v) is 8.26. The van der Waals surface area contributed by atoms with Crippen molar-refractivity contribution in [2.75, 3.05) is 7.05 Å². The summed E-state index contributed by atoms with van der Waals surface area (Å²) < 4.78 is 5.30. The molecule has 31 heavy (non-hydrogen) atoms. The van der Waals surface area contributed by atoms with Crippen molar-refractivity contribution in [3.8, 4) is 0 Å². The Balaban J connectivity index is 2.12. The summed E-state index contributed by atoms with van der Waals surface area (Å²) in [5.41, 5.74) is 0.922. The molecular weight excluding hydrogens is 396 g/mol. The molecule has 166 valence electrons. The number of carbonyl (C=O) groups is 3. The van der Waals surface area contributed by atoms with Crippen LogP contribution in [-0.2, 0) is 32.1 Å². The first-order chi connectivity index (χ1) is 14.6. The van der Waals surface area contributed by atoms with Crippen LogP contribution in [0.1, 0.15) is 38.8 Å². The van der Waals surface area contributed by atoms with Gasteiger partial charge in [-0.25, -0.2) is 9.59 Å². The normalized spacial score (nSPS) is 11.9. The third-order valence-corrected chi connectivity index (χ3v) is 4.45. The molecule has 7 heteroatoms. The summed E-state index contributed by atoms with van der Waals surface area (Å²) in [5, 5.41) is 1.05. The number of nitrogens with zero attached hydrogens (tertiary/aromatic N) is 2. The fraction of sp³-hybridized carbons (Fsp3) is 0.375. The largest absolute Gasteiger partial charge is 0.444 e. The Morgan fingerprint density at radius 1 is 0.903 bits per heavy atom. The topological polar surface area (TPSA) is 76.2 Å². The minimum Gasteiger partial charge on any atom is -0.444 e. The van der Waals surface area contributed by atoms with E-state index in [1.165, 1.54) is 14.0 Å². The molecule has 0 aliphatic heterocycles. The van der Waals surface area contributed by atoms with Crippen molar-refractivity contribution < 1.29 is 24.0 Å². The van der Waals surface area contributed by atoms with E-state index >= 15 is 0 Å². The maximum Gasteiger partial charge on any atom is 0.410 e. The number of carbonyl (C=O) groups excluding carboxylic acids is 3. The molecule has 1 unspecified atom stereocenters. The van der Waals surface area contributed by atoms with Crippen molar-refractivity contribution in [3.05, 3.63) is 71.8 Å². The first kappa shape index (κ1) is 23.9. The number of hydrogen-bond donors (Lipinski definition) is 0. The summed E-state index contributed by atoms with van der Waals surface area (Å²) in [7, 11) is 1.45. The SMILES string of the molecule is CC(C(=O)ON(Cc1ccccc1)C(=O)Cc1ccccc1)N(C)C(=O)OC(C)(C)C. The zero-order chi connectivity index (χ0) is 23.0. The van der Waals surface area contributed by atoms with E-state index in [2.05, 4.69) is 0 Å². The Hall–Kier alpha value is -3.35. The maximum atomic E-state index is 12.9. The number of hydroxylamine groups is 2. The number of likely N-dealkylation sites (N-methyl/N-ethyl adjacent to an activating group) is 1. The van der Waals surface area contributed by atoms with Crippen LogP contribution in [0.25, 0.3) is 0 Å². The Kier molecular flexibility index (Phi) is 8.19. The average molecular weight is 427 g/mol. The van der Waals surface area contributed by atoms with Gasteiger partial charge in [0.25, 0.3) is 5.91 Å². The highest BCUT2D eigenvalue weighted by atomic mass is 16.7. The van der Waals surface area contributed by atoms with Gasteiger partial charge in [-0.1, -0.05) is 60.7 Å². The van der Waals surface area contributed by atoms with Gasteiger partial charge in [-0.3, -0.25) is 9.69 Å². The third-order valence-electron chi connectivity index (χ3n) is 4.45. The Morgan fingerprint density at radius 3 is 1.94 bits per heavy atom. The van der Waals surface area contributed by atoms with E-state index in [1.54, 1.807) is 20.8 Å². The van der Waals surface area contributed by atoms with E-state index in [4.69, 9.17) is 9.57 Å². The van der Waals surface area contributed by atoms with Gasteiger partial charge in [0.05, 0.1) is 13.0 Å². The summed E-state index contributed by atoms with van der Waals surface area (Å²) in [5.74, 6) is -1.10. The summed E-state index contributed by atoms with van der Waals surface area (Å²) >= 11 is 0. The first-order valence-electron chi connectivity index (χ1n) is 10.1. The smallest absolute Gasteiger partial charge is 0.410 e. The van der Waals surface area contributed by atoms with Gasteiger partial charge in [-0.15, -0.1) is 0 Å². The van der Waals surface area contributed by atoms with Crippen molar-refractivity contribution in [1.82, 2.24) is 9.96 Å². The van der Waals surface area contributed by atoms with E-state index in [0.717, 1.165) is 21.1 Å². The fourth-order valence-electron chi connectivity index (χ4n) is 2.61. The van der Waals surface area contributed by atoms with Gasteiger partial charge in [0.2, 0.25) is 0 Å². The van der Waals surface area contributed by atoms with E-state index in [-0.39, 0.29) is 18.9 Å². The number of benzene rings is 2. The molecule has 0 saturated carbocycles. The van der Waals surface area contributed by atoms with E-state index in [9.17, 15) is 14.4 Å². The highest BCUT2D eigenvalue weighted by molar-refractivity contribution is 5.83. The minimum absolute atomic E-state index is 0.0806. The lowest BCUT2D eigenvalue weighted by molar-refractivity contribution is -0.203. The lowest BCUT2D eigenvalue weighted by Crippen LogP contribution is -2.46. The monoisotopic (exact) mass is 426 g/mol. The zero-order valence-corrected chi connectivity index (χ0v) is 18.7. The molecule has 0 aliphatic carbocycles. The van der Waals surface area contributed by atoms with E-state index in [0.29, 0.717) is 0 Å². The fourth-order valence-corrected chi connectivity index (χ4v) is 2.61. The molecule has 2 amide bonds. The first-order valence-corrected chi connectivity index (χ1v) is 10.1. The molecule has 2 aromatic carbocycles. The van der Waals surface area contributed by atoms with Crippen LogP contribution in [0.2, 0.25) is 0 Å². The molecule has 0 aromatic heterocycles. The summed E-state index contributed by atoms with van der Waals surface area (Å²) in [6, 6.07) is 17.5. The molecule has 1 atom stereocenters. The molecule has 0 saturated heterocycles. The van der Waals surface area contributed by atoms with E-state index in [1.807, 2.05) is 60.7 Å². The summed E-state index contributed by atoms with van der Waals surface area (Å²) in [6.45, 7) is 6.85. The second-order valence-electron chi connectivity index (χ2n) is 8.26. The highest BCUT2D eigenvalue weighted by Gasteiger charge is 2.30. The van der Waals surface area contributed by atoms with Crippen molar-refractivity contribution in [1.29, 1.82) is 0 Å². The Labute approximate surface area is 183 Å². The maximum absolute atomic E-state index is 12.9. The molecule has 0 heterocycles. The van der Waals surface area contributed by atoms with Gasteiger partial charge in [-0.2, -0.15) is 5.06 Å². The summed E-state index contributed by atoms with van der Waals surface area (Å²) in [4.78, 5) is 44.5. The van der Waals surface area contributed by atoms with Crippen LogP contribution in [0.3, 0.4) is 0 Å². The molecule has 0 N–H and O–H groups in total. The molecule has 0 fully saturated rings. The third kappa shape index (κ3) is 7.77. The molecule has 0 radical (unpaired) electrons. The Bertz CT molecular complexity index is 878. The zero-order valence-electron chi connectivity index (χ0n) is 18.7. The molecule has 0 aliphatic rings. The van der Waals surface area contributed by atoms with Crippen molar-refractivity contribution in [2.24, 2.45) is 0 Å². The predicted octanol–water partition coefficient (Wildman–Crippen LogP) is 3.97. The second kappa shape index (κ2) is 10.6. The standard InChI is InChI=1S/C24H30N2O5/c1-18(25(5)23(29)30-24(2,3)4)22(28)31-26(17-20-14-10-7-11-15-20)21(27)16-19-12-8-6-9-13-19/h6-15,18H,16-17H2,1-5H3. The van der Waals surface area contributed by atoms with Gasteiger partial charge < -0.3 is 9.57 Å². The minimum atomic E-state index is -0.947. The number of ether oxygens (including phenoxy) is 1. The molecule has 2 rings (SSSR count). The van der Waals surface area contributed by atoms with Gasteiger partial charge in [0.1, 0.15) is 11.6 Å². The Morgan fingerprint density at radius 2 is 1.42 bits per heavy atom. The highest BCUT2D eigenvalue weighted by Crippen LogP contribution is 2.14.